The van der Waals surface area contributed by atoms with Gasteiger partial charge in [-0.1, -0.05) is 12.2 Å². The highest BCUT2D eigenvalue weighted by molar-refractivity contribution is 9.10. The van der Waals surface area contributed by atoms with Gasteiger partial charge < -0.3 is 5.73 Å². The molecule has 0 aliphatic rings. The summed E-state index contributed by atoms with van der Waals surface area (Å²) in [5.41, 5.74) is 5.54. The molecule has 0 saturated carbocycles. The van der Waals surface area contributed by atoms with E-state index in [1.165, 1.54) is 6.33 Å². The zero-order valence-electron chi connectivity index (χ0n) is 7.46. The van der Waals surface area contributed by atoms with Crippen LogP contribution in [0.4, 0.5) is 0 Å². The van der Waals surface area contributed by atoms with Gasteiger partial charge in [-0.05, 0) is 15.9 Å². The Kier molecular flexibility index (Phi) is 2.74. The van der Waals surface area contributed by atoms with E-state index in [1.807, 2.05) is 0 Å². The highest BCUT2D eigenvalue weighted by Crippen LogP contribution is 2.17. The normalized spacial score (nSPS) is 10.2. The molecule has 0 radical (unpaired) electrons. The first-order valence-electron chi connectivity index (χ1n) is 3.99. The van der Waals surface area contributed by atoms with Crippen LogP contribution in [0.5, 0.6) is 0 Å². The lowest BCUT2D eigenvalue weighted by Gasteiger charge is -2.06. The summed E-state index contributed by atoms with van der Waals surface area (Å²) in [7, 11) is 0. The number of nitrogens with two attached hydrogens (primary N) is 1. The van der Waals surface area contributed by atoms with E-state index in [1.54, 1.807) is 23.2 Å². The maximum atomic E-state index is 5.54. The molecular weight excluding hydrogens is 278 g/mol. The van der Waals surface area contributed by atoms with Crippen LogP contribution in [0.2, 0.25) is 0 Å². The molecule has 5 nitrogen and oxygen atoms in total. The summed E-state index contributed by atoms with van der Waals surface area (Å²) < 4.78 is 2.45. The lowest BCUT2D eigenvalue weighted by Crippen LogP contribution is -2.16. The van der Waals surface area contributed by atoms with Gasteiger partial charge in [-0.2, -0.15) is 0 Å². The van der Waals surface area contributed by atoms with Gasteiger partial charge in [0.1, 0.15) is 11.3 Å². The summed E-state index contributed by atoms with van der Waals surface area (Å²) in [6.45, 7) is 0. The summed E-state index contributed by atoms with van der Waals surface area (Å²) >= 11 is 8.23. The van der Waals surface area contributed by atoms with Gasteiger partial charge >= 0.3 is 0 Å². The molecule has 2 aromatic rings. The van der Waals surface area contributed by atoms with Crippen LogP contribution in [-0.2, 0) is 0 Å². The van der Waals surface area contributed by atoms with Crippen molar-refractivity contribution in [2.75, 3.05) is 0 Å². The zero-order chi connectivity index (χ0) is 10.8. The molecule has 0 saturated heterocycles. The third kappa shape index (κ3) is 1.88. The fraction of sp³-hybridized carbons (Fsp3) is 0. The summed E-state index contributed by atoms with van der Waals surface area (Å²) in [6, 6.07) is 0. The Balaban J connectivity index is 2.59. The molecule has 76 valence electrons. The Labute approximate surface area is 99.5 Å². The molecule has 2 aromatic heterocycles. The summed E-state index contributed by atoms with van der Waals surface area (Å²) in [4.78, 5) is 12.3. The van der Waals surface area contributed by atoms with Crippen LogP contribution in [0, 0.1) is 0 Å². The van der Waals surface area contributed by atoms with Gasteiger partial charge in [-0.3, -0.25) is 4.57 Å². The first-order valence-corrected chi connectivity index (χ1v) is 5.19. The van der Waals surface area contributed by atoms with E-state index < -0.39 is 0 Å². The third-order valence-electron chi connectivity index (χ3n) is 1.74. The Hall–Kier alpha value is -1.34. The number of imidazole rings is 1. The van der Waals surface area contributed by atoms with Crippen LogP contribution in [0.3, 0.4) is 0 Å². The first kappa shape index (κ1) is 10.2. The number of hydrogen-bond donors (Lipinski definition) is 1. The molecule has 0 amide bonds. The zero-order valence-corrected chi connectivity index (χ0v) is 9.86. The topological polar surface area (TPSA) is 69.6 Å². The van der Waals surface area contributed by atoms with E-state index in [0.29, 0.717) is 11.6 Å². The van der Waals surface area contributed by atoms with Crippen molar-refractivity contribution in [2.24, 2.45) is 5.73 Å². The van der Waals surface area contributed by atoms with E-state index in [-0.39, 0.29) is 4.99 Å². The van der Waals surface area contributed by atoms with Crippen molar-refractivity contribution in [1.29, 1.82) is 0 Å². The SMILES string of the molecule is NC(=S)c1nccn1-c1ncncc1Br. The molecule has 0 aromatic carbocycles. The van der Waals surface area contributed by atoms with Crippen molar-refractivity contribution in [3.05, 3.63) is 35.2 Å². The van der Waals surface area contributed by atoms with Gasteiger partial charge in [-0.15, -0.1) is 0 Å². The highest BCUT2D eigenvalue weighted by Gasteiger charge is 2.10. The highest BCUT2D eigenvalue weighted by atomic mass is 79.9. The average molecular weight is 284 g/mol. The second kappa shape index (κ2) is 4.03. The molecule has 2 rings (SSSR count). The van der Waals surface area contributed by atoms with Crippen LogP contribution in [0.25, 0.3) is 5.82 Å². The molecular formula is C8H6BrN5S. The predicted octanol–water partition coefficient (Wildman–Crippen LogP) is 1.06. The van der Waals surface area contributed by atoms with E-state index in [9.17, 15) is 0 Å². The summed E-state index contributed by atoms with van der Waals surface area (Å²) in [5.74, 6) is 1.16. The van der Waals surface area contributed by atoms with Gasteiger partial charge in [0.25, 0.3) is 0 Å². The largest absolute Gasteiger partial charge is 0.387 e. The second-order valence-electron chi connectivity index (χ2n) is 2.68. The van der Waals surface area contributed by atoms with Crippen molar-refractivity contribution in [3.8, 4) is 5.82 Å². The first-order chi connectivity index (χ1) is 7.20. The van der Waals surface area contributed by atoms with Crippen molar-refractivity contribution >= 4 is 33.1 Å². The van der Waals surface area contributed by atoms with E-state index in [2.05, 4.69) is 30.9 Å². The minimum Gasteiger partial charge on any atom is -0.387 e. The molecule has 7 heteroatoms. The lowest BCUT2D eigenvalue weighted by atomic mass is 10.5. The van der Waals surface area contributed by atoms with Crippen LogP contribution >= 0.6 is 28.1 Å². The maximum Gasteiger partial charge on any atom is 0.173 e. The van der Waals surface area contributed by atoms with Crippen LogP contribution in [-0.4, -0.2) is 24.5 Å². The predicted molar refractivity (Wildman–Crippen MR) is 62.7 cm³/mol. The Morgan fingerprint density at radius 3 is 2.93 bits per heavy atom. The van der Waals surface area contributed by atoms with Crippen molar-refractivity contribution < 1.29 is 0 Å². The number of rotatable bonds is 2. The molecule has 15 heavy (non-hydrogen) atoms. The summed E-state index contributed by atoms with van der Waals surface area (Å²) in [5, 5.41) is 0. The van der Waals surface area contributed by atoms with Gasteiger partial charge in [0.05, 0.1) is 4.47 Å². The van der Waals surface area contributed by atoms with Crippen molar-refractivity contribution in [2.45, 2.75) is 0 Å². The van der Waals surface area contributed by atoms with Gasteiger partial charge in [0.2, 0.25) is 0 Å². The number of halogens is 1. The Morgan fingerprint density at radius 2 is 2.27 bits per heavy atom. The second-order valence-corrected chi connectivity index (χ2v) is 3.97. The molecule has 0 fully saturated rings. The molecule has 0 aliphatic carbocycles. The number of nitrogens with zero attached hydrogens (tertiary/aromatic N) is 4. The van der Waals surface area contributed by atoms with E-state index >= 15 is 0 Å². The third-order valence-corrected chi connectivity index (χ3v) is 2.48. The fourth-order valence-corrected chi connectivity index (χ4v) is 1.70. The number of hydrogen-bond acceptors (Lipinski definition) is 4. The smallest absolute Gasteiger partial charge is 0.173 e. The standard InChI is InChI=1S/C8H6BrN5S/c9-5-3-11-4-13-7(5)14-2-1-12-8(14)6(10)15/h1-4H,(H2,10,15). The molecule has 0 unspecified atom stereocenters. The molecule has 0 aliphatic heterocycles. The van der Waals surface area contributed by atoms with Crippen LogP contribution < -0.4 is 5.73 Å². The monoisotopic (exact) mass is 283 g/mol. The van der Waals surface area contributed by atoms with Gasteiger partial charge in [-0.25, -0.2) is 15.0 Å². The Morgan fingerprint density at radius 1 is 1.47 bits per heavy atom. The fourth-order valence-electron chi connectivity index (χ4n) is 1.14. The van der Waals surface area contributed by atoms with E-state index in [0.717, 1.165) is 4.47 Å². The van der Waals surface area contributed by atoms with Crippen LogP contribution in [0.1, 0.15) is 5.82 Å². The Bertz CT molecular complexity index is 509. The van der Waals surface area contributed by atoms with E-state index in [4.69, 9.17) is 18.0 Å². The van der Waals surface area contributed by atoms with Crippen molar-refractivity contribution in [3.63, 3.8) is 0 Å². The molecule has 0 bridgehead atoms. The maximum absolute atomic E-state index is 5.54. The molecule has 0 atom stereocenters. The molecule has 0 spiro atoms. The average Bonchev–Trinajstić information content (AvgIpc) is 2.67. The van der Waals surface area contributed by atoms with Crippen molar-refractivity contribution in [1.82, 2.24) is 19.5 Å². The molecule has 2 heterocycles. The van der Waals surface area contributed by atoms with Gasteiger partial charge in [0, 0.05) is 18.6 Å². The van der Waals surface area contributed by atoms with Gasteiger partial charge in [0.15, 0.2) is 11.6 Å². The lowest BCUT2D eigenvalue weighted by molar-refractivity contribution is 0.948. The van der Waals surface area contributed by atoms with Crippen LogP contribution in [0.15, 0.2) is 29.4 Å². The quantitative estimate of drug-likeness (QED) is 0.835. The minimum atomic E-state index is 0.227. The number of thiocarbonyl (C=S) groups is 1. The number of aromatic nitrogens is 4. The summed E-state index contributed by atoms with van der Waals surface area (Å²) in [6.07, 6.45) is 6.44. The minimum absolute atomic E-state index is 0.227. The molecule has 2 N–H and O–H groups in total.